The maximum Gasteiger partial charge on any atom is 0.267 e. The summed E-state index contributed by atoms with van der Waals surface area (Å²) in [4.78, 5) is 16.2. The summed E-state index contributed by atoms with van der Waals surface area (Å²) in [6.07, 6.45) is -0.0588. The Morgan fingerprint density at radius 3 is 2.42 bits per heavy atom. The Morgan fingerprint density at radius 2 is 1.81 bits per heavy atom. The largest absolute Gasteiger partial charge is 0.491 e. The van der Waals surface area contributed by atoms with Gasteiger partial charge < -0.3 is 15.8 Å². The highest BCUT2D eigenvalue weighted by Crippen LogP contribution is 2.34. The highest BCUT2D eigenvalue weighted by Gasteiger charge is 2.23. The molecular weight excluding hydrogens is 400 g/mol. The van der Waals surface area contributed by atoms with Gasteiger partial charge in [0.1, 0.15) is 18.2 Å². The second-order valence-corrected chi connectivity index (χ2v) is 9.17. The minimum atomic E-state index is -2.70. The number of pyridine rings is 1. The predicted octanol–water partition coefficient (Wildman–Crippen LogP) is 5.81. The summed E-state index contributed by atoms with van der Waals surface area (Å²) < 4.78 is 33.2. The van der Waals surface area contributed by atoms with Gasteiger partial charge in [0.25, 0.3) is 6.43 Å². The molecule has 0 aliphatic carbocycles. The first-order chi connectivity index (χ1) is 14.5. The molecule has 5 nitrogen and oxygen atoms in total. The minimum absolute atomic E-state index is 0.124. The van der Waals surface area contributed by atoms with Gasteiger partial charge in [0.15, 0.2) is 0 Å². The van der Waals surface area contributed by atoms with Crippen molar-refractivity contribution in [1.82, 2.24) is 4.98 Å². The molecular formula is C24H33F2N3O2. The van der Waals surface area contributed by atoms with Crippen LogP contribution >= 0.6 is 0 Å². The summed E-state index contributed by atoms with van der Waals surface area (Å²) in [6.45, 7) is 10.0. The van der Waals surface area contributed by atoms with Crippen LogP contribution in [0.2, 0.25) is 0 Å². The molecule has 3 N–H and O–H groups in total. The molecule has 0 saturated carbocycles. The van der Waals surface area contributed by atoms with Crippen LogP contribution in [0.15, 0.2) is 36.5 Å². The topological polar surface area (TPSA) is 77.2 Å². The average Bonchev–Trinajstić information content (AvgIpc) is 2.64. The van der Waals surface area contributed by atoms with E-state index in [0.29, 0.717) is 29.3 Å². The summed E-state index contributed by atoms with van der Waals surface area (Å²) in [5, 5.41) is 2.75. The number of nitrogens with one attached hydrogen (secondary N) is 1. The van der Waals surface area contributed by atoms with Gasteiger partial charge in [-0.2, -0.15) is 0 Å². The molecule has 1 atom stereocenters. The summed E-state index contributed by atoms with van der Waals surface area (Å²) >= 11 is 0. The Balaban J connectivity index is 2.22. The molecule has 1 aromatic heterocycles. The lowest BCUT2D eigenvalue weighted by Crippen LogP contribution is -2.43. The molecule has 170 valence electrons. The summed E-state index contributed by atoms with van der Waals surface area (Å²) in [6, 6.07) is 8.05. The number of hydrogen-bond donors (Lipinski definition) is 2. The Bertz CT molecular complexity index is 883. The number of amides is 1. The van der Waals surface area contributed by atoms with Crippen molar-refractivity contribution in [2.24, 2.45) is 17.6 Å². The van der Waals surface area contributed by atoms with Crippen LogP contribution in [0.4, 0.5) is 14.6 Å². The van der Waals surface area contributed by atoms with Crippen molar-refractivity contribution in [3.8, 4) is 16.9 Å². The Labute approximate surface area is 183 Å². The number of benzene rings is 1. The van der Waals surface area contributed by atoms with Gasteiger partial charge in [-0.3, -0.25) is 4.79 Å². The third-order valence-corrected chi connectivity index (χ3v) is 4.63. The number of carbonyl (C=O) groups excluding carboxylic acids is 1. The molecule has 0 fully saturated rings. The molecule has 7 heteroatoms. The molecule has 0 radical (unpaired) electrons. The van der Waals surface area contributed by atoms with Gasteiger partial charge >= 0.3 is 0 Å². The number of hydrogen-bond acceptors (Lipinski definition) is 4. The van der Waals surface area contributed by atoms with Crippen molar-refractivity contribution in [1.29, 1.82) is 0 Å². The van der Waals surface area contributed by atoms with Crippen molar-refractivity contribution < 1.29 is 18.3 Å². The van der Waals surface area contributed by atoms with Crippen LogP contribution in [0.25, 0.3) is 11.1 Å². The van der Waals surface area contributed by atoms with Crippen molar-refractivity contribution in [3.63, 3.8) is 0 Å². The minimum Gasteiger partial charge on any atom is -0.491 e. The van der Waals surface area contributed by atoms with Gasteiger partial charge in [0.05, 0.1) is 5.56 Å². The number of aromatic nitrogens is 1. The molecule has 1 heterocycles. The third kappa shape index (κ3) is 7.90. The molecule has 31 heavy (non-hydrogen) atoms. The lowest BCUT2D eigenvalue weighted by atomic mass is 9.93. The predicted molar refractivity (Wildman–Crippen MR) is 120 cm³/mol. The molecule has 0 saturated heterocycles. The van der Waals surface area contributed by atoms with E-state index in [4.69, 9.17) is 10.5 Å². The maximum absolute atomic E-state index is 13.7. The smallest absolute Gasteiger partial charge is 0.267 e. The van der Waals surface area contributed by atoms with Crippen molar-refractivity contribution in [2.75, 3.05) is 11.9 Å². The molecule has 1 aromatic carbocycles. The van der Waals surface area contributed by atoms with E-state index in [1.165, 1.54) is 6.07 Å². The van der Waals surface area contributed by atoms with E-state index in [9.17, 15) is 13.6 Å². The van der Waals surface area contributed by atoms with E-state index in [1.807, 2.05) is 20.8 Å². The number of ether oxygens (including phenoxy) is 1. The van der Waals surface area contributed by atoms with E-state index in [2.05, 4.69) is 24.1 Å². The van der Waals surface area contributed by atoms with Crippen LogP contribution in [0.3, 0.4) is 0 Å². The first kappa shape index (κ1) is 24.7. The molecule has 2 aromatic rings. The van der Waals surface area contributed by atoms with E-state index >= 15 is 0 Å². The maximum atomic E-state index is 13.7. The van der Waals surface area contributed by atoms with Crippen LogP contribution in [-0.2, 0) is 4.79 Å². The molecule has 0 aliphatic rings. The van der Waals surface area contributed by atoms with Gasteiger partial charge in [-0.1, -0.05) is 33.8 Å². The highest BCUT2D eigenvalue weighted by molar-refractivity contribution is 5.90. The molecule has 2 rings (SSSR count). The zero-order chi connectivity index (χ0) is 23.2. The quantitative estimate of drug-likeness (QED) is 0.495. The molecule has 0 spiro atoms. The number of alkyl halides is 2. The van der Waals surface area contributed by atoms with E-state index in [0.717, 1.165) is 6.42 Å². The normalized spacial score (nSPS) is 13.5. The SMILES string of the molecule is CC(C)CC(=O)Nc1cc(-c2ccc(OC[C@@](C)(N)CC(C)C)c(C(F)F)c2)ccn1. The van der Waals surface area contributed by atoms with Gasteiger partial charge in [0, 0.05) is 18.2 Å². The number of nitrogens with two attached hydrogens (primary N) is 1. The highest BCUT2D eigenvalue weighted by atomic mass is 19.3. The summed E-state index contributed by atoms with van der Waals surface area (Å²) in [7, 11) is 0. The average molecular weight is 434 g/mol. The van der Waals surface area contributed by atoms with Crippen LogP contribution in [-0.4, -0.2) is 23.0 Å². The number of rotatable bonds is 10. The zero-order valence-electron chi connectivity index (χ0n) is 18.9. The first-order valence-corrected chi connectivity index (χ1v) is 10.6. The van der Waals surface area contributed by atoms with Crippen LogP contribution in [0.1, 0.15) is 59.4 Å². The van der Waals surface area contributed by atoms with Crippen molar-refractivity contribution >= 4 is 11.7 Å². The van der Waals surface area contributed by atoms with E-state index in [1.54, 1.807) is 30.5 Å². The monoisotopic (exact) mass is 433 g/mol. The standard InChI is InChI=1S/C24H33F2N3O2/c1-15(2)10-22(30)29-21-12-18(8-9-28-21)17-6-7-20(19(11-17)23(25)26)31-14-24(5,27)13-16(3)4/h6-9,11-12,15-16,23H,10,13-14,27H2,1-5H3,(H,28,29,30)/t24-/m0/s1. The lowest BCUT2D eigenvalue weighted by Gasteiger charge is -2.27. The Hall–Kier alpha value is -2.54. The zero-order valence-corrected chi connectivity index (χ0v) is 18.9. The molecule has 0 unspecified atom stereocenters. The fourth-order valence-corrected chi connectivity index (χ4v) is 3.51. The molecule has 0 bridgehead atoms. The summed E-state index contributed by atoms with van der Waals surface area (Å²) in [5.74, 6) is 0.967. The lowest BCUT2D eigenvalue weighted by molar-refractivity contribution is -0.116. The van der Waals surface area contributed by atoms with Crippen LogP contribution in [0.5, 0.6) is 5.75 Å². The van der Waals surface area contributed by atoms with E-state index < -0.39 is 12.0 Å². The summed E-state index contributed by atoms with van der Waals surface area (Å²) in [5.41, 5.74) is 6.70. The van der Waals surface area contributed by atoms with Crippen LogP contribution in [0, 0.1) is 11.8 Å². The second-order valence-electron chi connectivity index (χ2n) is 9.17. The fraction of sp³-hybridized carbons (Fsp3) is 0.500. The van der Waals surface area contributed by atoms with Gasteiger partial charge in [0.2, 0.25) is 5.91 Å². The van der Waals surface area contributed by atoms with Crippen molar-refractivity contribution in [2.45, 2.75) is 59.4 Å². The number of halogens is 2. The van der Waals surface area contributed by atoms with E-state index in [-0.39, 0.29) is 29.7 Å². The molecule has 1 amide bonds. The van der Waals surface area contributed by atoms with Crippen molar-refractivity contribution in [3.05, 3.63) is 42.1 Å². The number of nitrogens with zero attached hydrogens (tertiary/aromatic N) is 1. The van der Waals surface area contributed by atoms with Gasteiger partial charge in [-0.05, 0) is 60.6 Å². The van der Waals surface area contributed by atoms with Gasteiger partial charge in [-0.15, -0.1) is 0 Å². The van der Waals surface area contributed by atoms with Gasteiger partial charge in [-0.25, -0.2) is 13.8 Å². The first-order valence-electron chi connectivity index (χ1n) is 10.6. The number of carbonyl (C=O) groups is 1. The fourth-order valence-electron chi connectivity index (χ4n) is 3.51. The second kappa shape index (κ2) is 10.7. The number of anilines is 1. The molecule has 0 aliphatic heterocycles. The Morgan fingerprint density at radius 1 is 1.13 bits per heavy atom. The van der Waals surface area contributed by atoms with Crippen LogP contribution < -0.4 is 15.8 Å². The third-order valence-electron chi connectivity index (χ3n) is 4.63. The Kier molecular flexibility index (Phi) is 8.51.